The number of halogens is 3. The van der Waals surface area contributed by atoms with Gasteiger partial charge in [0.2, 0.25) is 0 Å². The average Bonchev–Trinajstić information content (AvgIpc) is 2.59. The minimum Gasteiger partial charge on any atom is -0.444 e. The topological polar surface area (TPSA) is 85.4 Å². The van der Waals surface area contributed by atoms with Crippen LogP contribution >= 0.6 is 0 Å². The van der Waals surface area contributed by atoms with E-state index in [-0.39, 0.29) is 11.6 Å². The molecule has 1 amide bonds. The molecule has 0 saturated carbocycles. The van der Waals surface area contributed by atoms with Crippen molar-refractivity contribution in [1.82, 2.24) is 10.3 Å². The minimum atomic E-state index is -5.43. The molecule has 2 aromatic rings. The van der Waals surface area contributed by atoms with Gasteiger partial charge in [0.05, 0.1) is 10.4 Å². The van der Waals surface area contributed by atoms with Gasteiger partial charge in [0.1, 0.15) is 5.60 Å². The molecule has 0 aliphatic rings. The van der Waals surface area contributed by atoms with Crippen LogP contribution in [0.25, 0.3) is 10.9 Å². The molecule has 0 bridgehead atoms. The quantitative estimate of drug-likeness (QED) is 0.797. The van der Waals surface area contributed by atoms with Crippen molar-refractivity contribution < 1.29 is 31.1 Å². The lowest BCUT2D eigenvalue weighted by atomic mass is 10.2. The molecule has 0 fully saturated rings. The number of benzene rings is 1. The summed E-state index contributed by atoms with van der Waals surface area (Å²) in [6.07, 6.45) is 0.567. The summed E-state index contributed by atoms with van der Waals surface area (Å²) in [7, 11) is -5.43. The van der Waals surface area contributed by atoms with Crippen LogP contribution in [0.3, 0.4) is 0 Å². The van der Waals surface area contributed by atoms with Crippen molar-refractivity contribution in [2.45, 2.75) is 36.5 Å². The molecule has 0 spiro atoms. The van der Waals surface area contributed by atoms with E-state index in [0.29, 0.717) is 5.39 Å². The van der Waals surface area contributed by atoms with Gasteiger partial charge in [-0.15, -0.1) is 0 Å². The highest BCUT2D eigenvalue weighted by atomic mass is 32.2. The summed E-state index contributed by atoms with van der Waals surface area (Å²) in [5.74, 6) is -2.21. The summed E-state index contributed by atoms with van der Waals surface area (Å²) < 4.78 is 72.6. The van der Waals surface area contributed by atoms with Gasteiger partial charge in [-0.2, -0.15) is 8.78 Å². The molecule has 1 heterocycles. The number of hydrogen-bond donors (Lipinski definition) is 1. The first kappa shape index (κ1) is 21.7. The SMILES string of the molecule is CC(C)(C)OC(=O)NC/C=C(\F)C(F)(F)S(=O)(=O)c1cccc2cccnc12. The zero-order chi connectivity index (χ0) is 21.2. The van der Waals surface area contributed by atoms with E-state index >= 15 is 0 Å². The smallest absolute Gasteiger partial charge is 0.407 e. The van der Waals surface area contributed by atoms with E-state index in [1.807, 2.05) is 5.32 Å². The first-order valence-corrected chi connectivity index (χ1v) is 9.64. The summed E-state index contributed by atoms with van der Waals surface area (Å²) in [6, 6.07) is 6.70. The molecule has 0 unspecified atom stereocenters. The third-order valence-electron chi connectivity index (χ3n) is 3.43. The maximum atomic E-state index is 14.4. The summed E-state index contributed by atoms with van der Waals surface area (Å²) in [4.78, 5) is 14.5. The van der Waals surface area contributed by atoms with Gasteiger partial charge in [0.15, 0.2) is 5.83 Å². The molecule has 0 saturated heterocycles. The van der Waals surface area contributed by atoms with Gasteiger partial charge >= 0.3 is 11.3 Å². The van der Waals surface area contributed by atoms with Gasteiger partial charge in [0, 0.05) is 18.1 Å². The van der Waals surface area contributed by atoms with Gasteiger partial charge in [0.25, 0.3) is 9.84 Å². The number of sulfone groups is 1. The fourth-order valence-corrected chi connectivity index (χ4v) is 3.52. The fraction of sp³-hybridized carbons (Fsp3) is 0.333. The van der Waals surface area contributed by atoms with Crippen LogP contribution in [-0.2, 0) is 14.6 Å². The Morgan fingerprint density at radius 3 is 2.50 bits per heavy atom. The van der Waals surface area contributed by atoms with Crippen molar-refractivity contribution in [1.29, 1.82) is 0 Å². The number of fused-ring (bicyclic) bond motifs is 1. The standard InChI is InChI=1S/C18H19F3N2O4S/c1-17(2,3)27-16(24)23-11-9-14(19)18(20,21)28(25,26)13-8-4-6-12-7-5-10-22-15(12)13/h4-10H,11H2,1-3H3,(H,23,24)/b14-9-. The van der Waals surface area contributed by atoms with Crippen LogP contribution in [-0.4, -0.2) is 36.9 Å². The van der Waals surface area contributed by atoms with Crippen LogP contribution in [0.2, 0.25) is 0 Å². The van der Waals surface area contributed by atoms with Gasteiger partial charge < -0.3 is 10.1 Å². The Hall–Kier alpha value is -2.62. The number of carbonyl (C=O) groups excluding carboxylic acids is 1. The molecule has 28 heavy (non-hydrogen) atoms. The molecular weight excluding hydrogens is 397 g/mol. The highest BCUT2D eigenvalue weighted by Crippen LogP contribution is 2.38. The number of nitrogens with one attached hydrogen (secondary N) is 1. The Morgan fingerprint density at radius 2 is 1.86 bits per heavy atom. The molecule has 0 aliphatic heterocycles. The van der Waals surface area contributed by atoms with E-state index in [2.05, 4.69) is 4.98 Å². The van der Waals surface area contributed by atoms with Crippen LogP contribution in [0, 0.1) is 0 Å². The summed E-state index contributed by atoms with van der Waals surface area (Å²) in [5.41, 5.74) is -1.02. The highest BCUT2D eigenvalue weighted by molar-refractivity contribution is 7.92. The van der Waals surface area contributed by atoms with E-state index in [4.69, 9.17) is 4.74 Å². The monoisotopic (exact) mass is 416 g/mol. The number of rotatable bonds is 5. The van der Waals surface area contributed by atoms with Crippen molar-refractivity contribution in [2.75, 3.05) is 6.54 Å². The summed E-state index contributed by atoms with van der Waals surface area (Å²) in [6.45, 7) is 4.07. The van der Waals surface area contributed by atoms with Crippen LogP contribution in [0.15, 0.2) is 53.3 Å². The van der Waals surface area contributed by atoms with Gasteiger partial charge in [-0.25, -0.2) is 17.6 Å². The van der Waals surface area contributed by atoms with Crippen LogP contribution in [0.1, 0.15) is 20.8 Å². The fourth-order valence-electron chi connectivity index (χ4n) is 2.22. The molecule has 1 aromatic heterocycles. The first-order valence-electron chi connectivity index (χ1n) is 8.15. The summed E-state index contributed by atoms with van der Waals surface area (Å²) in [5, 5.41) is -2.48. The Morgan fingerprint density at radius 1 is 1.21 bits per heavy atom. The molecule has 0 aliphatic carbocycles. The third-order valence-corrected chi connectivity index (χ3v) is 5.21. The van der Waals surface area contributed by atoms with E-state index in [9.17, 15) is 26.4 Å². The van der Waals surface area contributed by atoms with Gasteiger partial charge in [-0.05, 0) is 39.0 Å². The third kappa shape index (κ3) is 4.61. The molecule has 1 N–H and O–H groups in total. The van der Waals surface area contributed by atoms with Gasteiger partial charge in [-0.1, -0.05) is 18.2 Å². The number of para-hydroxylation sites is 1. The van der Waals surface area contributed by atoms with E-state index in [1.165, 1.54) is 30.5 Å². The largest absolute Gasteiger partial charge is 0.444 e. The molecule has 6 nitrogen and oxygen atoms in total. The van der Waals surface area contributed by atoms with Gasteiger partial charge in [-0.3, -0.25) is 4.98 Å². The number of hydrogen-bond acceptors (Lipinski definition) is 5. The molecule has 0 atom stereocenters. The Balaban J connectivity index is 2.27. The number of amides is 1. The zero-order valence-corrected chi connectivity index (χ0v) is 16.2. The van der Waals surface area contributed by atoms with E-state index in [0.717, 1.165) is 6.07 Å². The van der Waals surface area contributed by atoms with Crippen LogP contribution in [0.5, 0.6) is 0 Å². The number of alkyl halides is 2. The highest BCUT2D eigenvalue weighted by Gasteiger charge is 2.51. The number of aromatic nitrogens is 1. The number of alkyl carbamates (subject to hydrolysis) is 1. The molecule has 0 radical (unpaired) electrons. The molecular formula is C18H19F3N2O4S. The zero-order valence-electron chi connectivity index (χ0n) is 15.4. The number of pyridine rings is 1. The van der Waals surface area contributed by atoms with Crippen molar-refractivity contribution in [3.05, 3.63) is 48.4 Å². The first-order chi connectivity index (χ1) is 12.9. The van der Waals surface area contributed by atoms with E-state index in [1.54, 1.807) is 20.8 Å². The molecule has 2 rings (SSSR count). The average molecular weight is 416 g/mol. The molecule has 1 aromatic carbocycles. The number of carbonyl (C=O) groups is 1. The number of nitrogens with zero attached hydrogens (tertiary/aromatic N) is 1. The molecule has 10 heteroatoms. The lowest BCUT2D eigenvalue weighted by molar-refractivity contribution is 0.0532. The molecule has 152 valence electrons. The predicted octanol–water partition coefficient (Wildman–Crippen LogP) is 3.98. The lowest BCUT2D eigenvalue weighted by Gasteiger charge is -2.19. The maximum absolute atomic E-state index is 14.4. The van der Waals surface area contributed by atoms with Crippen LogP contribution in [0.4, 0.5) is 18.0 Å². The second-order valence-electron chi connectivity index (χ2n) is 6.79. The lowest BCUT2D eigenvalue weighted by Crippen LogP contribution is -2.34. The predicted molar refractivity (Wildman–Crippen MR) is 97.3 cm³/mol. The second-order valence-corrected chi connectivity index (χ2v) is 8.75. The second kappa shape index (κ2) is 7.78. The maximum Gasteiger partial charge on any atom is 0.407 e. The van der Waals surface area contributed by atoms with Crippen molar-refractivity contribution in [3.8, 4) is 0 Å². The Bertz CT molecular complexity index is 1010. The van der Waals surface area contributed by atoms with Crippen molar-refractivity contribution >= 4 is 26.8 Å². The van der Waals surface area contributed by atoms with Crippen molar-refractivity contribution in [2.24, 2.45) is 0 Å². The van der Waals surface area contributed by atoms with Crippen LogP contribution < -0.4 is 5.32 Å². The minimum absolute atomic E-state index is 0.190. The summed E-state index contributed by atoms with van der Waals surface area (Å²) >= 11 is 0. The van der Waals surface area contributed by atoms with E-state index < -0.39 is 44.1 Å². The normalized spacial score (nSPS) is 13.4. The Labute approximate surface area is 160 Å². The van der Waals surface area contributed by atoms with Crippen molar-refractivity contribution in [3.63, 3.8) is 0 Å². The number of ether oxygens (including phenoxy) is 1. The Kier molecular flexibility index (Phi) is 6.03.